The van der Waals surface area contributed by atoms with E-state index < -0.39 is 5.97 Å². The van der Waals surface area contributed by atoms with E-state index in [9.17, 15) is 9.59 Å². The Morgan fingerprint density at radius 2 is 1.77 bits per heavy atom. The van der Waals surface area contributed by atoms with Gasteiger partial charge in [-0.3, -0.25) is 4.79 Å². The second kappa shape index (κ2) is 7.60. The van der Waals surface area contributed by atoms with Crippen LogP contribution in [0.1, 0.15) is 23.6 Å². The van der Waals surface area contributed by atoms with Gasteiger partial charge in [0.05, 0.1) is 0 Å². The van der Waals surface area contributed by atoms with Crippen LogP contribution in [0, 0.1) is 13.8 Å². The fourth-order valence-electron chi connectivity index (χ4n) is 3.36. The molecule has 0 N–H and O–H groups in total. The maximum absolute atomic E-state index is 12.5. The smallest absolute Gasteiger partial charge is 0.344 e. The lowest BCUT2D eigenvalue weighted by atomic mass is 10.1. The number of aryl methyl sites for hydroxylation is 2. The first kappa shape index (κ1) is 18.0. The van der Waals surface area contributed by atoms with Gasteiger partial charge in [-0.2, -0.15) is 0 Å². The van der Waals surface area contributed by atoms with Crippen LogP contribution in [0.15, 0.2) is 42.5 Å². The van der Waals surface area contributed by atoms with Crippen molar-refractivity contribution in [2.24, 2.45) is 0 Å². The molecule has 0 fully saturated rings. The van der Waals surface area contributed by atoms with Crippen molar-refractivity contribution in [3.63, 3.8) is 0 Å². The summed E-state index contributed by atoms with van der Waals surface area (Å²) in [4.78, 5) is 26.1. The first-order valence-electron chi connectivity index (χ1n) is 8.70. The number of anilines is 1. The highest BCUT2D eigenvalue weighted by Gasteiger charge is 2.30. The van der Waals surface area contributed by atoms with Gasteiger partial charge in [-0.25, -0.2) is 4.79 Å². The van der Waals surface area contributed by atoms with Gasteiger partial charge in [-0.1, -0.05) is 24.3 Å². The van der Waals surface area contributed by atoms with E-state index in [0.29, 0.717) is 5.75 Å². The van der Waals surface area contributed by atoms with Crippen molar-refractivity contribution in [1.29, 1.82) is 0 Å². The predicted octanol–water partition coefficient (Wildman–Crippen LogP) is 3.20. The molecule has 26 heavy (non-hydrogen) atoms. The van der Waals surface area contributed by atoms with Gasteiger partial charge in [-0.15, -0.1) is 0 Å². The lowest BCUT2D eigenvalue weighted by Gasteiger charge is -2.22. The Morgan fingerprint density at radius 3 is 2.50 bits per heavy atom. The molecule has 1 heterocycles. The number of rotatable bonds is 5. The number of benzene rings is 2. The second-order valence-corrected chi connectivity index (χ2v) is 6.72. The molecule has 5 nitrogen and oxygen atoms in total. The van der Waals surface area contributed by atoms with E-state index in [0.717, 1.165) is 28.8 Å². The second-order valence-electron chi connectivity index (χ2n) is 6.72. The molecular formula is C21H23NO4. The Morgan fingerprint density at radius 1 is 1.08 bits per heavy atom. The molecule has 1 aliphatic rings. The topological polar surface area (TPSA) is 55.8 Å². The molecule has 1 atom stereocenters. The van der Waals surface area contributed by atoms with Crippen LogP contribution >= 0.6 is 0 Å². The quantitative estimate of drug-likeness (QED) is 0.775. The normalized spacial score (nSPS) is 15.5. The Bertz CT molecular complexity index is 810. The van der Waals surface area contributed by atoms with Gasteiger partial charge >= 0.3 is 5.97 Å². The number of carbonyl (C=O) groups excluding carboxylic acids is 2. The maximum atomic E-state index is 12.5. The molecule has 1 amide bonds. The van der Waals surface area contributed by atoms with Gasteiger partial charge in [0.2, 0.25) is 0 Å². The third-order valence-electron chi connectivity index (χ3n) is 4.38. The highest BCUT2D eigenvalue weighted by Crippen LogP contribution is 2.31. The van der Waals surface area contributed by atoms with Crippen molar-refractivity contribution >= 4 is 17.6 Å². The predicted molar refractivity (Wildman–Crippen MR) is 99.5 cm³/mol. The molecule has 0 radical (unpaired) electrons. The number of nitrogens with zero attached hydrogens (tertiary/aromatic N) is 1. The van der Waals surface area contributed by atoms with Crippen LogP contribution in [0.2, 0.25) is 0 Å². The fourth-order valence-corrected chi connectivity index (χ4v) is 3.36. The average Bonchev–Trinajstić information content (AvgIpc) is 2.93. The standard InChI is InChI=1S/C21H23NO4/c1-14-8-15(2)10-18(9-14)25-13-21(24)26-12-20(23)22-16(3)11-17-6-4-5-7-19(17)22/h4-10,16H,11-13H2,1-3H3. The zero-order valence-electron chi connectivity index (χ0n) is 15.3. The number of carbonyl (C=O) groups is 2. The Balaban J connectivity index is 1.52. The molecule has 0 bridgehead atoms. The molecule has 0 saturated carbocycles. The minimum atomic E-state index is -0.558. The summed E-state index contributed by atoms with van der Waals surface area (Å²) < 4.78 is 10.6. The molecule has 2 aromatic rings. The molecule has 0 saturated heterocycles. The Kier molecular flexibility index (Phi) is 5.26. The highest BCUT2D eigenvalue weighted by molar-refractivity contribution is 5.97. The molecule has 0 spiro atoms. The van der Waals surface area contributed by atoms with Crippen molar-refractivity contribution in [1.82, 2.24) is 0 Å². The van der Waals surface area contributed by atoms with Crippen LogP contribution in [0.25, 0.3) is 0 Å². The number of esters is 1. The monoisotopic (exact) mass is 353 g/mol. The zero-order chi connectivity index (χ0) is 18.7. The molecular weight excluding hydrogens is 330 g/mol. The van der Waals surface area contributed by atoms with E-state index in [2.05, 4.69) is 0 Å². The first-order valence-corrected chi connectivity index (χ1v) is 8.70. The van der Waals surface area contributed by atoms with Crippen LogP contribution in [0.4, 0.5) is 5.69 Å². The van der Waals surface area contributed by atoms with Gasteiger partial charge in [0.15, 0.2) is 13.2 Å². The fraction of sp³-hybridized carbons (Fsp3) is 0.333. The maximum Gasteiger partial charge on any atom is 0.344 e. The lowest BCUT2D eigenvalue weighted by molar-refractivity contribution is -0.149. The summed E-state index contributed by atoms with van der Waals surface area (Å²) in [5.41, 5.74) is 4.15. The Hall–Kier alpha value is -2.82. The van der Waals surface area contributed by atoms with Gasteiger partial charge in [0, 0.05) is 11.7 Å². The van der Waals surface area contributed by atoms with Gasteiger partial charge < -0.3 is 14.4 Å². The molecule has 0 aliphatic carbocycles. The summed E-state index contributed by atoms with van der Waals surface area (Å²) >= 11 is 0. The number of amides is 1. The molecule has 5 heteroatoms. The molecule has 0 aromatic heterocycles. The van der Waals surface area contributed by atoms with Gasteiger partial charge in [0.1, 0.15) is 5.75 Å². The molecule has 136 valence electrons. The van der Waals surface area contributed by atoms with E-state index in [1.165, 1.54) is 0 Å². The van der Waals surface area contributed by atoms with Crippen LogP contribution in [0.5, 0.6) is 5.75 Å². The number of hydrogen-bond acceptors (Lipinski definition) is 4. The average molecular weight is 353 g/mol. The summed E-state index contributed by atoms with van der Waals surface area (Å²) in [7, 11) is 0. The summed E-state index contributed by atoms with van der Waals surface area (Å²) in [6.45, 7) is 5.41. The highest BCUT2D eigenvalue weighted by atomic mass is 16.6. The largest absolute Gasteiger partial charge is 0.482 e. The van der Waals surface area contributed by atoms with E-state index in [1.54, 1.807) is 4.90 Å². The minimum absolute atomic E-state index is 0.0603. The van der Waals surface area contributed by atoms with Gasteiger partial charge in [-0.05, 0) is 62.1 Å². The van der Waals surface area contributed by atoms with Crippen LogP contribution in [-0.4, -0.2) is 31.1 Å². The van der Waals surface area contributed by atoms with Gasteiger partial charge in [0.25, 0.3) is 5.91 Å². The molecule has 2 aromatic carbocycles. The SMILES string of the molecule is Cc1cc(C)cc(OCC(=O)OCC(=O)N2c3ccccc3CC2C)c1. The van der Waals surface area contributed by atoms with Crippen LogP contribution < -0.4 is 9.64 Å². The summed E-state index contributed by atoms with van der Waals surface area (Å²) in [6, 6.07) is 13.6. The first-order chi connectivity index (χ1) is 12.4. The zero-order valence-corrected chi connectivity index (χ0v) is 15.3. The molecule has 1 unspecified atom stereocenters. The number of ether oxygens (including phenoxy) is 2. The lowest BCUT2D eigenvalue weighted by Crippen LogP contribution is -2.39. The number of fused-ring (bicyclic) bond motifs is 1. The van der Waals surface area contributed by atoms with E-state index in [-0.39, 0.29) is 25.2 Å². The third kappa shape index (κ3) is 4.04. The van der Waals surface area contributed by atoms with E-state index in [1.807, 2.05) is 63.2 Å². The number of para-hydroxylation sites is 1. The number of hydrogen-bond donors (Lipinski definition) is 0. The summed E-state index contributed by atoms with van der Waals surface area (Å²) in [6.07, 6.45) is 0.811. The van der Waals surface area contributed by atoms with E-state index >= 15 is 0 Å². The van der Waals surface area contributed by atoms with Crippen molar-refractivity contribution in [3.8, 4) is 5.75 Å². The molecule has 3 rings (SSSR count). The minimum Gasteiger partial charge on any atom is -0.482 e. The van der Waals surface area contributed by atoms with Crippen molar-refractivity contribution in [2.45, 2.75) is 33.2 Å². The van der Waals surface area contributed by atoms with E-state index in [4.69, 9.17) is 9.47 Å². The molecule has 1 aliphatic heterocycles. The van der Waals surface area contributed by atoms with Crippen molar-refractivity contribution in [3.05, 3.63) is 59.2 Å². The summed E-state index contributed by atoms with van der Waals surface area (Å²) in [5.74, 6) is -0.160. The third-order valence-corrected chi connectivity index (χ3v) is 4.38. The van der Waals surface area contributed by atoms with Crippen LogP contribution in [0.3, 0.4) is 0 Å². The van der Waals surface area contributed by atoms with Crippen molar-refractivity contribution in [2.75, 3.05) is 18.1 Å². The van der Waals surface area contributed by atoms with Crippen molar-refractivity contribution < 1.29 is 19.1 Å². The van der Waals surface area contributed by atoms with Crippen LogP contribution in [-0.2, 0) is 20.7 Å². The summed E-state index contributed by atoms with van der Waals surface area (Å²) in [5, 5.41) is 0. The Labute approximate surface area is 153 Å².